The van der Waals surface area contributed by atoms with Gasteiger partial charge in [-0.05, 0) is 30.3 Å². The van der Waals surface area contributed by atoms with Crippen LogP contribution in [-0.2, 0) is 0 Å². The van der Waals surface area contributed by atoms with E-state index in [0.717, 1.165) is 18.2 Å². The molecule has 0 aliphatic rings. The second-order valence-corrected chi connectivity index (χ2v) is 4.09. The van der Waals surface area contributed by atoms with E-state index in [1.54, 1.807) is 0 Å². The van der Waals surface area contributed by atoms with E-state index in [4.69, 9.17) is 11.6 Å². The molecule has 1 amide bonds. The van der Waals surface area contributed by atoms with E-state index in [9.17, 15) is 18.0 Å². The van der Waals surface area contributed by atoms with Crippen LogP contribution in [0.25, 0.3) is 0 Å². The molecule has 6 heteroatoms. The summed E-state index contributed by atoms with van der Waals surface area (Å²) >= 11 is 5.54. The van der Waals surface area contributed by atoms with E-state index in [0.29, 0.717) is 0 Å². The number of halogens is 4. The summed E-state index contributed by atoms with van der Waals surface area (Å²) < 4.78 is 39.8. The van der Waals surface area contributed by atoms with Crippen molar-refractivity contribution in [1.29, 1.82) is 0 Å². The van der Waals surface area contributed by atoms with Gasteiger partial charge in [0.2, 0.25) is 0 Å². The molecule has 98 valence electrons. The molecule has 0 unspecified atom stereocenters. The van der Waals surface area contributed by atoms with Crippen LogP contribution >= 0.6 is 11.6 Å². The Bertz CT molecular complexity index is 646. The van der Waals surface area contributed by atoms with Crippen LogP contribution < -0.4 is 5.32 Å². The van der Waals surface area contributed by atoms with Gasteiger partial charge >= 0.3 is 0 Å². The number of amides is 1. The highest BCUT2D eigenvalue weighted by molar-refractivity contribution is 6.31. The number of benzene rings is 2. The van der Waals surface area contributed by atoms with Crippen LogP contribution in [0, 0.1) is 17.5 Å². The van der Waals surface area contributed by atoms with E-state index in [1.807, 2.05) is 0 Å². The molecule has 0 bridgehead atoms. The predicted molar refractivity (Wildman–Crippen MR) is 65.7 cm³/mol. The molecule has 0 atom stereocenters. The van der Waals surface area contributed by atoms with E-state index in [2.05, 4.69) is 5.32 Å². The maximum atomic E-state index is 13.5. The third-order valence-electron chi connectivity index (χ3n) is 2.37. The van der Waals surface area contributed by atoms with Gasteiger partial charge in [0.1, 0.15) is 11.6 Å². The Balaban J connectivity index is 2.31. The van der Waals surface area contributed by atoms with Crippen LogP contribution in [0.1, 0.15) is 10.4 Å². The topological polar surface area (TPSA) is 29.1 Å². The maximum Gasteiger partial charge on any atom is 0.258 e. The van der Waals surface area contributed by atoms with Gasteiger partial charge in [-0.15, -0.1) is 0 Å². The van der Waals surface area contributed by atoms with Crippen molar-refractivity contribution in [2.24, 2.45) is 0 Å². The lowest BCUT2D eigenvalue weighted by molar-refractivity contribution is 0.102. The van der Waals surface area contributed by atoms with Crippen LogP contribution in [0.5, 0.6) is 0 Å². The fourth-order valence-electron chi connectivity index (χ4n) is 1.46. The molecule has 2 aromatic rings. The minimum Gasteiger partial charge on any atom is -0.319 e. The second-order valence-electron chi connectivity index (χ2n) is 3.68. The van der Waals surface area contributed by atoms with Gasteiger partial charge < -0.3 is 5.32 Å². The van der Waals surface area contributed by atoms with Gasteiger partial charge in [0.05, 0.1) is 16.3 Å². The Kier molecular flexibility index (Phi) is 3.76. The Labute approximate surface area is 111 Å². The normalized spacial score (nSPS) is 10.3. The third kappa shape index (κ3) is 2.88. The van der Waals surface area contributed by atoms with E-state index in [1.165, 1.54) is 18.2 Å². The fraction of sp³-hybridized carbons (Fsp3) is 0. The molecule has 0 aliphatic carbocycles. The molecular formula is C13H7ClF3NO. The predicted octanol–water partition coefficient (Wildman–Crippen LogP) is 4.01. The molecule has 1 N–H and O–H groups in total. The highest BCUT2D eigenvalue weighted by Gasteiger charge is 2.15. The van der Waals surface area contributed by atoms with Gasteiger partial charge in [-0.2, -0.15) is 0 Å². The number of anilines is 1. The zero-order chi connectivity index (χ0) is 14.0. The highest BCUT2D eigenvalue weighted by atomic mass is 35.5. The van der Waals surface area contributed by atoms with Crippen LogP contribution in [-0.4, -0.2) is 5.91 Å². The molecule has 0 saturated heterocycles. The number of carbonyl (C=O) groups is 1. The van der Waals surface area contributed by atoms with Crippen LogP contribution in [0.3, 0.4) is 0 Å². The highest BCUT2D eigenvalue weighted by Crippen LogP contribution is 2.23. The number of carbonyl (C=O) groups excluding carboxylic acids is 1. The zero-order valence-electron chi connectivity index (χ0n) is 9.38. The molecule has 0 aliphatic heterocycles. The van der Waals surface area contributed by atoms with E-state index >= 15 is 0 Å². The summed E-state index contributed by atoms with van der Waals surface area (Å²) in [6, 6.07) is 6.41. The average Bonchev–Trinajstić information content (AvgIpc) is 2.38. The molecule has 0 heterocycles. The standard InChI is InChI=1S/C13H7ClF3NO/c14-9-2-1-3-11(12(9)17)18-13(19)8-6-7(15)4-5-10(8)16/h1-6H,(H,18,19). The fourth-order valence-corrected chi connectivity index (χ4v) is 1.64. The zero-order valence-corrected chi connectivity index (χ0v) is 10.1. The quantitative estimate of drug-likeness (QED) is 0.887. The van der Waals surface area contributed by atoms with Crippen molar-refractivity contribution in [3.8, 4) is 0 Å². The largest absolute Gasteiger partial charge is 0.319 e. The van der Waals surface area contributed by atoms with Gasteiger partial charge in [0.15, 0.2) is 5.82 Å². The monoisotopic (exact) mass is 285 g/mol. The van der Waals surface area contributed by atoms with E-state index in [-0.39, 0.29) is 10.7 Å². The molecule has 2 nitrogen and oxygen atoms in total. The first-order valence-electron chi connectivity index (χ1n) is 5.19. The van der Waals surface area contributed by atoms with Crippen LogP contribution in [0.4, 0.5) is 18.9 Å². The summed E-state index contributed by atoms with van der Waals surface area (Å²) in [6.07, 6.45) is 0. The van der Waals surface area contributed by atoms with Crippen molar-refractivity contribution in [2.45, 2.75) is 0 Å². The summed E-state index contributed by atoms with van der Waals surface area (Å²) in [5.41, 5.74) is -0.722. The summed E-state index contributed by atoms with van der Waals surface area (Å²) in [7, 11) is 0. The Morgan fingerprint density at radius 1 is 1.11 bits per heavy atom. The molecule has 0 saturated carbocycles. The van der Waals surface area contributed by atoms with Gasteiger partial charge in [-0.25, -0.2) is 13.2 Å². The average molecular weight is 286 g/mol. The molecule has 0 spiro atoms. The number of hydrogen-bond donors (Lipinski definition) is 1. The van der Waals surface area contributed by atoms with Crippen molar-refractivity contribution in [3.05, 3.63) is 64.4 Å². The molecule has 2 rings (SSSR count). The first-order valence-corrected chi connectivity index (χ1v) is 5.57. The van der Waals surface area contributed by atoms with Crippen molar-refractivity contribution >= 4 is 23.2 Å². The van der Waals surface area contributed by atoms with Gasteiger partial charge in [-0.3, -0.25) is 4.79 Å². The van der Waals surface area contributed by atoms with Crippen molar-refractivity contribution in [2.75, 3.05) is 5.32 Å². The van der Waals surface area contributed by atoms with Crippen molar-refractivity contribution < 1.29 is 18.0 Å². The smallest absolute Gasteiger partial charge is 0.258 e. The third-order valence-corrected chi connectivity index (χ3v) is 2.66. The molecule has 0 fully saturated rings. The van der Waals surface area contributed by atoms with Crippen LogP contribution in [0.15, 0.2) is 36.4 Å². The SMILES string of the molecule is O=C(Nc1cccc(Cl)c1F)c1cc(F)ccc1F. The van der Waals surface area contributed by atoms with E-state index < -0.39 is 28.9 Å². The Morgan fingerprint density at radius 3 is 2.58 bits per heavy atom. The van der Waals surface area contributed by atoms with Gasteiger partial charge in [0, 0.05) is 0 Å². The molecular weight excluding hydrogens is 279 g/mol. The Hall–Kier alpha value is -2.01. The lowest BCUT2D eigenvalue weighted by Crippen LogP contribution is -2.15. The molecule has 19 heavy (non-hydrogen) atoms. The minimum absolute atomic E-state index is 0.183. The molecule has 2 aromatic carbocycles. The lowest BCUT2D eigenvalue weighted by atomic mass is 10.2. The molecule has 0 radical (unpaired) electrons. The summed E-state index contributed by atoms with van der Waals surface area (Å²) in [5.74, 6) is -3.47. The Morgan fingerprint density at radius 2 is 1.84 bits per heavy atom. The first kappa shape index (κ1) is 13.4. The van der Waals surface area contributed by atoms with Gasteiger partial charge in [-0.1, -0.05) is 17.7 Å². The summed E-state index contributed by atoms with van der Waals surface area (Å²) in [6.45, 7) is 0. The number of nitrogens with one attached hydrogen (secondary N) is 1. The summed E-state index contributed by atoms with van der Waals surface area (Å²) in [4.78, 5) is 11.7. The lowest BCUT2D eigenvalue weighted by Gasteiger charge is -2.08. The number of hydrogen-bond acceptors (Lipinski definition) is 1. The van der Waals surface area contributed by atoms with Crippen LogP contribution in [0.2, 0.25) is 5.02 Å². The first-order chi connectivity index (χ1) is 8.99. The van der Waals surface area contributed by atoms with Crippen molar-refractivity contribution in [1.82, 2.24) is 0 Å². The maximum absolute atomic E-state index is 13.5. The molecule has 0 aromatic heterocycles. The number of rotatable bonds is 2. The second kappa shape index (κ2) is 5.32. The summed E-state index contributed by atoms with van der Waals surface area (Å²) in [5, 5.41) is 1.95. The van der Waals surface area contributed by atoms with Crippen molar-refractivity contribution in [3.63, 3.8) is 0 Å². The minimum atomic E-state index is -0.960. The van der Waals surface area contributed by atoms with Gasteiger partial charge in [0.25, 0.3) is 5.91 Å².